The monoisotopic (exact) mass is 261 g/mol. The summed E-state index contributed by atoms with van der Waals surface area (Å²) in [6, 6.07) is 6.84. The van der Waals surface area contributed by atoms with Gasteiger partial charge in [-0.05, 0) is 18.2 Å². The third-order valence-corrected chi connectivity index (χ3v) is 3.03. The molecular formula is C14H15NO4. The van der Waals surface area contributed by atoms with Gasteiger partial charge in [0.1, 0.15) is 5.75 Å². The number of nitrogens with zero attached hydrogens (tertiary/aromatic N) is 1. The topological polar surface area (TPSA) is 68.5 Å². The summed E-state index contributed by atoms with van der Waals surface area (Å²) in [6.07, 6.45) is 0.177. The number of hydrogen-bond acceptors (Lipinski definition) is 5. The van der Waals surface area contributed by atoms with Gasteiger partial charge in [0.15, 0.2) is 11.4 Å². The van der Waals surface area contributed by atoms with E-state index in [1.807, 2.05) is 6.07 Å². The Bertz CT molecular complexity index is 527. The number of ether oxygens (including phenoxy) is 3. The van der Waals surface area contributed by atoms with Crippen molar-refractivity contribution in [2.45, 2.75) is 12.0 Å². The lowest BCUT2D eigenvalue weighted by Crippen LogP contribution is -2.49. The molecule has 0 fully saturated rings. The molecule has 1 aliphatic heterocycles. The summed E-state index contributed by atoms with van der Waals surface area (Å²) in [6.45, 7) is 0.540. The lowest BCUT2D eigenvalue weighted by atomic mass is 9.90. The molecule has 1 aromatic carbocycles. The first-order chi connectivity index (χ1) is 9.14. The van der Waals surface area contributed by atoms with Crippen molar-refractivity contribution in [2.75, 3.05) is 27.4 Å². The molecule has 19 heavy (non-hydrogen) atoms. The van der Waals surface area contributed by atoms with Gasteiger partial charge in [-0.1, -0.05) is 0 Å². The molecule has 0 saturated heterocycles. The molecule has 1 aliphatic rings. The number of fused-ring (bicyclic) bond motifs is 1. The average molecular weight is 261 g/mol. The zero-order valence-electron chi connectivity index (χ0n) is 10.9. The molecule has 0 atom stereocenters. The van der Waals surface area contributed by atoms with E-state index in [1.54, 1.807) is 32.4 Å². The van der Waals surface area contributed by atoms with Gasteiger partial charge in [-0.3, -0.25) is 4.79 Å². The molecule has 0 N–H and O–H groups in total. The number of rotatable bonds is 4. The van der Waals surface area contributed by atoms with E-state index >= 15 is 0 Å². The Kier molecular flexibility index (Phi) is 3.84. The minimum absolute atomic E-state index is 0.0625. The largest absolute Gasteiger partial charge is 0.481 e. The second-order valence-electron chi connectivity index (χ2n) is 4.57. The molecule has 2 rings (SSSR count). The molecule has 0 bridgehead atoms. The Morgan fingerprint density at radius 2 is 2.05 bits per heavy atom. The average Bonchev–Trinajstić information content (AvgIpc) is 2.39. The summed E-state index contributed by atoms with van der Waals surface area (Å²) in [5.41, 5.74) is 0.102. The Morgan fingerprint density at radius 1 is 1.37 bits per heavy atom. The molecular weight excluding hydrogens is 246 g/mol. The van der Waals surface area contributed by atoms with Crippen LogP contribution in [0.2, 0.25) is 0 Å². The molecule has 0 aliphatic carbocycles. The van der Waals surface area contributed by atoms with Crippen molar-refractivity contribution in [3.05, 3.63) is 29.3 Å². The van der Waals surface area contributed by atoms with Crippen LogP contribution in [0.25, 0.3) is 0 Å². The van der Waals surface area contributed by atoms with E-state index in [1.165, 1.54) is 0 Å². The van der Waals surface area contributed by atoms with Crippen LogP contribution in [0.5, 0.6) is 5.75 Å². The zero-order chi connectivity index (χ0) is 13.9. The third kappa shape index (κ3) is 2.60. The summed E-state index contributed by atoms with van der Waals surface area (Å²) in [5, 5.41) is 8.85. The Balaban J connectivity index is 2.38. The minimum Gasteiger partial charge on any atom is -0.481 e. The van der Waals surface area contributed by atoms with Gasteiger partial charge in [0, 0.05) is 14.2 Å². The van der Waals surface area contributed by atoms with Crippen molar-refractivity contribution in [1.82, 2.24) is 0 Å². The fourth-order valence-electron chi connectivity index (χ4n) is 2.29. The lowest BCUT2D eigenvalue weighted by molar-refractivity contribution is -0.0630. The molecule has 0 unspecified atom stereocenters. The number of methoxy groups -OCH3 is 2. The molecule has 100 valence electrons. The molecule has 0 aromatic heterocycles. The fraction of sp³-hybridized carbons (Fsp3) is 0.429. The van der Waals surface area contributed by atoms with Crippen LogP contribution in [0.1, 0.15) is 22.3 Å². The number of ketones is 1. The number of Topliss-reactive ketones (excluding diaryl/α,β-unsaturated/α-hetero) is 1. The van der Waals surface area contributed by atoms with Crippen LogP contribution >= 0.6 is 0 Å². The maximum atomic E-state index is 12.2. The van der Waals surface area contributed by atoms with E-state index < -0.39 is 5.60 Å². The van der Waals surface area contributed by atoms with Gasteiger partial charge in [0.05, 0.1) is 36.8 Å². The molecule has 5 heteroatoms. The van der Waals surface area contributed by atoms with Gasteiger partial charge in [-0.25, -0.2) is 0 Å². The Labute approximate surface area is 111 Å². The normalized spacial score (nSPS) is 16.4. The van der Waals surface area contributed by atoms with E-state index in [9.17, 15) is 4.79 Å². The maximum Gasteiger partial charge on any atom is 0.170 e. The quantitative estimate of drug-likeness (QED) is 0.822. The minimum atomic E-state index is -0.790. The van der Waals surface area contributed by atoms with Gasteiger partial charge in [-0.15, -0.1) is 0 Å². The first kappa shape index (κ1) is 13.5. The molecule has 1 aromatic rings. The SMILES string of the molecule is COCC1(COC)CC(=O)c2cc(C#N)ccc2O1. The number of carbonyl (C=O) groups excluding carboxylic acids is 1. The first-order valence-corrected chi connectivity index (χ1v) is 5.88. The number of carbonyl (C=O) groups is 1. The van der Waals surface area contributed by atoms with Gasteiger partial charge in [-0.2, -0.15) is 5.26 Å². The van der Waals surface area contributed by atoms with Gasteiger partial charge < -0.3 is 14.2 Å². The van der Waals surface area contributed by atoms with Crippen molar-refractivity contribution in [2.24, 2.45) is 0 Å². The smallest absolute Gasteiger partial charge is 0.170 e. The fourth-order valence-corrected chi connectivity index (χ4v) is 2.29. The third-order valence-electron chi connectivity index (χ3n) is 3.03. The predicted molar refractivity (Wildman–Crippen MR) is 67.2 cm³/mol. The summed E-state index contributed by atoms with van der Waals surface area (Å²) in [4.78, 5) is 12.2. The van der Waals surface area contributed by atoms with E-state index in [4.69, 9.17) is 19.5 Å². The molecule has 0 spiro atoms. The van der Waals surface area contributed by atoms with Crippen LogP contribution in [0.4, 0.5) is 0 Å². The molecule has 1 heterocycles. The van der Waals surface area contributed by atoms with Gasteiger partial charge >= 0.3 is 0 Å². The highest BCUT2D eigenvalue weighted by atomic mass is 16.6. The van der Waals surface area contributed by atoms with Crippen molar-refractivity contribution in [1.29, 1.82) is 5.26 Å². The number of benzene rings is 1. The molecule has 0 saturated carbocycles. The highest BCUT2D eigenvalue weighted by Gasteiger charge is 2.41. The van der Waals surface area contributed by atoms with Crippen LogP contribution in [-0.2, 0) is 9.47 Å². The summed E-state index contributed by atoms with van der Waals surface area (Å²) >= 11 is 0. The van der Waals surface area contributed by atoms with Crippen LogP contribution < -0.4 is 4.74 Å². The molecule has 5 nitrogen and oxygen atoms in total. The van der Waals surface area contributed by atoms with Crippen molar-refractivity contribution < 1.29 is 19.0 Å². The molecule has 0 radical (unpaired) electrons. The van der Waals surface area contributed by atoms with E-state index in [-0.39, 0.29) is 25.4 Å². The predicted octanol–water partition coefficient (Wildman–Crippen LogP) is 1.56. The first-order valence-electron chi connectivity index (χ1n) is 5.88. The van der Waals surface area contributed by atoms with Gasteiger partial charge in [0.25, 0.3) is 0 Å². The van der Waals surface area contributed by atoms with Crippen LogP contribution in [0.15, 0.2) is 18.2 Å². The van der Waals surface area contributed by atoms with Crippen LogP contribution in [0, 0.1) is 11.3 Å². The van der Waals surface area contributed by atoms with Crippen LogP contribution in [-0.4, -0.2) is 38.8 Å². The highest BCUT2D eigenvalue weighted by molar-refractivity contribution is 6.00. The van der Waals surface area contributed by atoms with Gasteiger partial charge in [0.2, 0.25) is 0 Å². The zero-order valence-corrected chi connectivity index (χ0v) is 10.9. The van der Waals surface area contributed by atoms with Crippen molar-refractivity contribution in [3.8, 4) is 11.8 Å². The highest BCUT2D eigenvalue weighted by Crippen LogP contribution is 2.34. The number of hydrogen-bond donors (Lipinski definition) is 0. The van der Waals surface area contributed by atoms with Crippen molar-refractivity contribution in [3.63, 3.8) is 0 Å². The van der Waals surface area contributed by atoms with E-state index in [0.29, 0.717) is 16.9 Å². The standard InChI is InChI=1S/C14H15NO4/c1-17-8-14(9-18-2)6-12(16)11-5-10(7-15)3-4-13(11)19-14/h3-5H,6,8-9H2,1-2H3. The van der Waals surface area contributed by atoms with Crippen LogP contribution in [0.3, 0.4) is 0 Å². The second-order valence-corrected chi connectivity index (χ2v) is 4.57. The Hall–Kier alpha value is -1.90. The summed E-state index contributed by atoms with van der Waals surface area (Å²) < 4.78 is 16.2. The molecule has 0 amide bonds. The van der Waals surface area contributed by atoms with E-state index in [2.05, 4.69) is 0 Å². The van der Waals surface area contributed by atoms with E-state index in [0.717, 1.165) is 0 Å². The second kappa shape index (κ2) is 5.39. The lowest BCUT2D eigenvalue weighted by Gasteiger charge is -2.36. The summed E-state index contributed by atoms with van der Waals surface area (Å²) in [5.74, 6) is 0.414. The Morgan fingerprint density at radius 3 is 2.63 bits per heavy atom. The van der Waals surface area contributed by atoms with Crippen molar-refractivity contribution >= 4 is 5.78 Å². The number of nitriles is 1. The maximum absolute atomic E-state index is 12.2. The summed E-state index contributed by atoms with van der Waals surface area (Å²) in [7, 11) is 3.11.